The zero-order chi connectivity index (χ0) is 12.7. The minimum absolute atomic E-state index is 0.205. The van der Waals surface area contributed by atoms with Gasteiger partial charge in [0.25, 0.3) is 5.91 Å². The Morgan fingerprint density at radius 1 is 1.35 bits per heavy atom. The first-order chi connectivity index (χ1) is 8.17. The lowest BCUT2D eigenvalue weighted by molar-refractivity contribution is 0.0954. The maximum absolute atomic E-state index is 11.7. The summed E-state index contributed by atoms with van der Waals surface area (Å²) in [6.45, 7) is 3.97. The highest BCUT2D eigenvalue weighted by atomic mass is 16.5. The zero-order valence-corrected chi connectivity index (χ0v) is 10.5. The summed E-state index contributed by atoms with van der Waals surface area (Å²) in [6.07, 6.45) is 1.91. The summed E-state index contributed by atoms with van der Waals surface area (Å²) in [5.74, 6) is 0.523. The van der Waals surface area contributed by atoms with Crippen LogP contribution in [0.4, 0.5) is 0 Å². The summed E-state index contributed by atoms with van der Waals surface area (Å²) in [6, 6.07) is 6.91. The van der Waals surface area contributed by atoms with Crippen LogP contribution in [0.1, 0.15) is 37.0 Å². The van der Waals surface area contributed by atoms with Gasteiger partial charge in [-0.3, -0.25) is 4.79 Å². The van der Waals surface area contributed by atoms with Crippen LogP contribution in [0.3, 0.4) is 0 Å². The fourth-order valence-electron chi connectivity index (χ4n) is 1.37. The minimum Gasteiger partial charge on any atom is -0.497 e. The molecule has 0 aliphatic rings. The first-order valence-corrected chi connectivity index (χ1v) is 5.65. The van der Waals surface area contributed by atoms with Crippen molar-refractivity contribution < 1.29 is 9.53 Å². The Morgan fingerprint density at radius 2 is 2.00 bits per heavy atom. The smallest absolute Gasteiger partial charge is 0.271 e. The van der Waals surface area contributed by atoms with Crippen LogP contribution in [0.25, 0.3) is 0 Å². The van der Waals surface area contributed by atoms with Gasteiger partial charge < -0.3 is 4.74 Å². The van der Waals surface area contributed by atoms with Crippen molar-refractivity contribution in [2.24, 2.45) is 5.10 Å². The summed E-state index contributed by atoms with van der Waals surface area (Å²) in [5.41, 5.74) is 4.02. The molecule has 0 saturated carbocycles. The summed E-state index contributed by atoms with van der Waals surface area (Å²) in [4.78, 5) is 11.7. The number of benzene rings is 1. The van der Waals surface area contributed by atoms with Crippen LogP contribution < -0.4 is 10.2 Å². The molecule has 17 heavy (non-hydrogen) atoms. The lowest BCUT2D eigenvalue weighted by atomic mass is 10.2. The topological polar surface area (TPSA) is 50.7 Å². The predicted octanol–water partition coefficient (Wildman–Crippen LogP) is 2.60. The molecule has 0 heterocycles. The van der Waals surface area contributed by atoms with Crippen LogP contribution in [0.15, 0.2) is 29.4 Å². The van der Waals surface area contributed by atoms with Crippen LogP contribution >= 0.6 is 0 Å². The third kappa shape index (κ3) is 4.26. The molecule has 1 rings (SSSR count). The standard InChI is InChI=1S/C13H18N2O2/c1-4-5-10(2)14-15-13(16)11-6-8-12(17-3)9-7-11/h6-9H,4-5H2,1-3H3,(H,15,16)/b14-10+. The maximum Gasteiger partial charge on any atom is 0.271 e. The van der Waals surface area contributed by atoms with Crippen molar-refractivity contribution in [3.8, 4) is 5.75 Å². The van der Waals surface area contributed by atoms with Gasteiger partial charge in [0.15, 0.2) is 0 Å². The van der Waals surface area contributed by atoms with Crippen molar-refractivity contribution in [1.29, 1.82) is 0 Å². The van der Waals surface area contributed by atoms with Crippen molar-refractivity contribution >= 4 is 11.6 Å². The van der Waals surface area contributed by atoms with Gasteiger partial charge in [0, 0.05) is 11.3 Å². The maximum atomic E-state index is 11.7. The van der Waals surface area contributed by atoms with Crippen LogP contribution in [-0.2, 0) is 0 Å². The van der Waals surface area contributed by atoms with Gasteiger partial charge >= 0.3 is 0 Å². The van der Waals surface area contributed by atoms with Gasteiger partial charge in [0.05, 0.1) is 7.11 Å². The number of ether oxygens (including phenoxy) is 1. The van der Waals surface area contributed by atoms with Crippen molar-refractivity contribution in [3.63, 3.8) is 0 Å². The Balaban J connectivity index is 2.60. The molecule has 0 unspecified atom stereocenters. The monoisotopic (exact) mass is 234 g/mol. The molecule has 0 atom stereocenters. The largest absolute Gasteiger partial charge is 0.497 e. The number of hydrazone groups is 1. The molecule has 92 valence electrons. The molecule has 0 spiro atoms. The van der Waals surface area contributed by atoms with Gasteiger partial charge in [-0.15, -0.1) is 0 Å². The summed E-state index contributed by atoms with van der Waals surface area (Å²) in [5, 5.41) is 4.02. The van der Waals surface area contributed by atoms with Crippen molar-refractivity contribution in [2.75, 3.05) is 7.11 Å². The second-order valence-electron chi connectivity index (χ2n) is 3.77. The molecule has 0 aromatic heterocycles. The Morgan fingerprint density at radius 3 is 2.53 bits per heavy atom. The van der Waals surface area contributed by atoms with Crippen LogP contribution in [-0.4, -0.2) is 18.7 Å². The highest BCUT2D eigenvalue weighted by molar-refractivity contribution is 5.95. The normalized spacial score (nSPS) is 11.1. The van der Waals surface area contributed by atoms with E-state index in [1.165, 1.54) is 0 Å². The van der Waals surface area contributed by atoms with E-state index >= 15 is 0 Å². The van der Waals surface area contributed by atoms with Gasteiger partial charge in [0.2, 0.25) is 0 Å². The van der Waals surface area contributed by atoms with E-state index < -0.39 is 0 Å². The first-order valence-electron chi connectivity index (χ1n) is 5.65. The van der Waals surface area contributed by atoms with Gasteiger partial charge in [0.1, 0.15) is 5.75 Å². The molecule has 0 saturated heterocycles. The first kappa shape index (κ1) is 13.2. The lowest BCUT2D eigenvalue weighted by Gasteiger charge is -2.03. The number of methoxy groups -OCH3 is 1. The summed E-state index contributed by atoms with van der Waals surface area (Å²) >= 11 is 0. The van der Waals surface area contributed by atoms with E-state index in [9.17, 15) is 4.79 Å². The Kier molecular flexibility index (Phi) is 5.20. The quantitative estimate of drug-likeness (QED) is 0.629. The molecule has 1 amide bonds. The molecular weight excluding hydrogens is 216 g/mol. The second kappa shape index (κ2) is 6.68. The molecule has 0 radical (unpaired) electrons. The number of hydrogen-bond acceptors (Lipinski definition) is 3. The van der Waals surface area contributed by atoms with E-state index in [0.29, 0.717) is 5.56 Å². The Bertz CT molecular complexity index is 396. The number of amides is 1. The molecule has 4 nitrogen and oxygen atoms in total. The number of rotatable bonds is 5. The second-order valence-corrected chi connectivity index (χ2v) is 3.77. The van der Waals surface area contributed by atoms with Crippen molar-refractivity contribution in [2.45, 2.75) is 26.7 Å². The Labute approximate surface area is 102 Å². The molecule has 1 aromatic carbocycles. The van der Waals surface area contributed by atoms with E-state index in [1.807, 2.05) is 6.92 Å². The van der Waals surface area contributed by atoms with Gasteiger partial charge in [-0.05, 0) is 37.6 Å². The van der Waals surface area contributed by atoms with E-state index in [4.69, 9.17) is 4.74 Å². The number of nitrogens with one attached hydrogen (secondary N) is 1. The van der Waals surface area contributed by atoms with E-state index in [0.717, 1.165) is 24.3 Å². The number of carbonyl (C=O) groups is 1. The number of hydrogen-bond donors (Lipinski definition) is 1. The van der Waals surface area contributed by atoms with E-state index in [-0.39, 0.29) is 5.91 Å². The molecule has 1 N–H and O–H groups in total. The SMILES string of the molecule is CCC/C(C)=N/NC(=O)c1ccc(OC)cc1. The van der Waals surface area contributed by atoms with Crippen LogP contribution in [0.2, 0.25) is 0 Å². The average molecular weight is 234 g/mol. The minimum atomic E-state index is -0.205. The molecule has 4 heteroatoms. The third-order valence-electron chi connectivity index (χ3n) is 2.31. The third-order valence-corrected chi connectivity index (χ3v) is 2.31. The summed E-state index contributed by atoms with van der Waals surface area (Å²) in [7, 11) is 1.59. The fraction of sp³-hybridized carbons (Fsp3) is 0.385. The predicted molar refractivity (Wildman–Crippen MR) is 68.5 cm³/mol. The Hall–Kier alpha value is -1.84. The molecule has 0 aliphatic heterocycles. The summed E-state index contributed by atoms with van der Waals surface area (Å²) < 4.78 is 5.02. The molecule has 1 aromatic rings. The van der Waals surface area contributed by atoms with E-state index in [2.05, 4.69) is 17.5 Å². The molecule has 0 aliphatic carbocycles. The number of carbonyl (C=O) groups excluding carboxylic acids is 1. The van der Waals surface area contributed by atoms with Crippen LogP contribution in [0.5, 0.6) is 5.75 Å². The highest BCUT2D eigenvalue weighted by Crippen LogP contribution is 2.10. The van der Waals surface area contributed by atoms with Crippen molar-refractivity contribution in [3.05, 3.63) is 29.8 Å². The van der Waals surface area contributed by atoms with E-state index in [1.54, 1.807) is 31.4 Å². The fourth-order valence-corrected chi connectivity index (χ4v) is 1.37. The van der Waals surface area contributed by atoms with Crippen molar-refractivity contribution in [1.82, 2.24) is 5.43 Å². The van der Waals surface area contributed by atoms with Crippen LogP contribution in [0, 0.1) is 0 Å². The lowest BCUT2D eigenvalue weighted by Crippen LogP contribution is -2.18. The zero-order valence-electron chi connectivity index (χ0n) is 10.5. The average Bonchev–Trinajstić information content (AvgIpc) is 2.36. The van der Waals surface area contributed by atoms with Gasteiger partial charge in [-0.2, -0.15) is 5.10 Å². The molecule has 0 bridgehead atoms. The highest BCUT2D eigenvalue weighted by Gasteiger charge is 2.04. The van der Waals surface area contributed by atoms with Gasteiger partial charge in [-0.1, -0.05) is 13.3 Å². The van der Waals surface area contributed by atoms with Gasteiger partial charge in [-0.25, -0.2) is 5.43 Å². The molecule has 0 fully saturated rings. The molecular formula is C13H18N2O2. The number of nitrogens with zero attached hydrogens (tertiary/aromatic N) is 1.